The van der Waals surface area contributed by atoms with Crippen LogP contribution in [0.3, 0.4) is 0 Å². The number of hydrogen-bond donors (Lipinski definition) is 2. The summed E-state index contributed by atoms with van der Waals surface area (Å²) in [6, 6.07) is 15.8. The Morgan fingerprint density at radius 2 is 1.74 bits per heavy atom. The molecule has 43 heavy (non-hydrogen) atoms. The molecule has 1 aromatic carbocycles. The summed E-state index contributed by atoms with van der Waals surface area (Å²) in [7, 11) is 1.99. The minimum Gasteiger partial charge on any atom is -0.378 e. The normalized spacial score (nSPS) is 15.7. The fourth-order valence-electron chi connectivity index (χ4n) is 5.69. The number of carbonyl (C=O) groups excluding carboxylic acids is 1. The molecule has 2 fully saturated rings. The summed E-state index contributed by atoms with van der Waals surface area (Å²) < 4.78 is 9.11. The first-order valence-electron chi connectivity index (χ1n) is 14.6. The lowest BCUT2D eigenvalue weighted by molar-refractivity contribution is 0.102. The number of hydrogen-bond acceptors (Lipinski definition) is 9. The number of aryl methyl sites for hydroxylation is 2. The third-order valence-electron chi connectivity index (χ3n) is 7.92. The summed E-state index contributed by atoms with van der Waals surface area (Å²) in [5.74, 6) is 1.96. The van der Waals surface area contributed by atoms with Gasteiger partial charge in [-0.25, -0.2) is 14.5 Å². The van der Waals surface area contributed by atoms with Crippen molar-refractivity contribution in [3.05, 3.63) is 72.1 Å². The first kappa shape index (κ1) is 27.0. The Morgan fingerprint density at radius 3 is 2.53 bits per heavy atom. The highest BCUT2D eigenvalue weighted by atomic mass is 16.5. The molecule has 12 heteroatoms. The van der Waals surface area contributed by atoms with Crippen LogP contribution in [0.15, 0.2) is 60.9 Å². The van der Waals surface area contributed by atoms with Crippen molar-refractivity contribution in [3.63, 3.8) is 0 Å². The Bertz CT molecular complexity index is 1770. The van der Waals surface area contributed by atoms with Crippen molar-refractivity contribution in [2.75, 3.05) is 67.6 Å². The van der Waals surface area contributed by atoms with Crippen LogP contribution in [0.2, 0.25) is 0 Å². The van der Waals surface area contributed by atoms with Crippen molar-refractivity contribution in [1.82, 2.24) is 34.7 Å². The van der Waals surface area contributed by atoms with E-state index in [0.29, 0.717) is 30.2 Å². The minimum atomic E-state index is -0.254. The zero-order chi connectivity index (χ0) is 29.3. The van der Waals surface area contributed by atoms with Crippen molar-refractivity contribution >= 4 is 29.0 Å². The van der Waals surface area contributed by atoms with Gasteiger partial charge in [0, 0.05) is 63.6 Å². The van der Waals surface area contributed by atoms with E-state index in [9.17, 15) is 4.79 Å². The molecule has 2 N–H and O–H groups in total. The highest BCUT2D eigenvalue weighted by Crippen LogP contribution is 2.38. The highest BCUT2D eigenvalue weighted by Gasteiger charge is 2.26. The van der Waals surface area contributed by atoms with Gasteiger partial charge in [-0.1, -0.05) is 29.8 Å². The van der Waals surface area contributed by atoms with Gasteiger partial charge in [0.1, 0.15) is 17.3 Å². The van der Waals surface area contributed by atoms with Crippen molar-refractivity contribution < 1.29 is 9.53 Å². The molecular weight excluding hydrogens is 544 g/mol. The molecule has 0 bridgehead atoms. The second-order valence-electron chi connectivity index (χ2n) is 10.9. The number of ether oxygens (including phenoxy) is 1. The molecule has 0 unspecified atom stereocenters. The number of pyridine rings is 1. The number of imidazole rings is 1. The largest absolute Gasteiger partial charge is 0.378 e. The minimum absolute atomic E-state index is 0.254. The van der Waals surface area contributed by atoms with E-state index in [-0.39, 0.29) is 5.91 Å². The van der Waals surface area contributed by atoms with Gasteiger partial charge in [-0.05, 0) is 31.2 Å². The van der Waals surface area contributed by atoms with E-state index in [4.69, 9.17) is 14.9 Å². The van der Waals surface area contributed by atoms with Crippen molar-refractivity contribution in [2.45, 2.75) is 6.92 Å². The van der Waals surface area contributed by atoms with Gasteiger partial charge in [0.15, 0.2) is 11.5 Å². The number of carbonyl (C=O) groups is 1. The van der Waals surface area contributed by atoms with E-state index < -0.39 is 0 Å². The maximum absolute atomic E-state index is 13.2. The second kappa shape index (κ2) is 11.5. The van der Waals surface area contributed by atoms with Crippen LogP contribution >= 0.6 is 0 Å². The highest BCUT2D eigenvalue weighted by molar-refractivity contribution is 6.04. The van der Waals surface area contributed by atoms with E-state index in [1.807, 2.05) is 23.9 Å². The molecule has 0 radical (unpaired) electrons. The Balaban J connectivity index is 1.21. The summed E-state index contributed by atoms with van der Waals surface area (Å²) in [5.41, 5.74) is 6.01. The van der Waals surface area contributed by atoms with Crippen LogP contribution in [0.1, 0.15) is 15.9 Å². The number of amides is 1. The standard InChI is InChI=1S/C31H34N10O2/c1-21-3-5-22(6-4-21)29-28(31(38(2)37-29)40-13-11-32-12-14-40)24-7-8-26-34-25(20-41(26)36-24)35-30(42)23-9-10-33-27(19-23)39-15-17-43-18-16-39/h3-10,19-20,32H,11-18H2,1-2H3,(H,35,42). The lowest BCUT2D eigenvalue weighted by atomic mass is 10.0. The lowest BCUT2D eigenvalue weighted by Gasteiger charge is -2.30. The predicted molar refractivity (Wildman–Crippen MR) is 166 cm³/mol. The van der Waals surface area contributed by atoms with Gasteiger partial charge in [-0.3, -0.25) is 9.48 Å². The summed E-state index contributed by atoms with van der Waals surface area (Å²) in [6.45, 7) is 8.46. The van der Waals surface area contributed by atoms with Crippen LogP contribution in [-0.2, 0) is 11.8 Å². The summed E-state index contributed by atoms with van der Waals surface area (Å²) in [6.07, 6.45) is 3.40. The van der Waals surface area contributed by atoms with Crippen LogP contribution in [0, 0.1) is 6.92 Å². The number of piperazine rings is 1. The second-order valence-corrected chi connectivity index (χ2v) is 10.9. The van der Waals surface area contributed by atoms with Gasteiger partial charge in [-0.2, -0.15) is 10.2 Å². The number of rotatable bonds is 6. The van der Waals surface area contributed by atoms with Gasteiger partial charge < -0.3 is 25.2 Å². The summed E-state index contributed by atoms with van der Waals surface area (Å²) >= 11 is 0. The number of morpholine rings is 1. The van der Waals surface area contributed by atoms with Crippen LogP contribution < -0.4 is 20.4 Å². The number of nitrogens with zero attached hydrogens (tertiary/aromatic N) is 8. The predicted octanol–water partition coefficient (Wildman–Crippen LogP) is 3.00. The van der Waals surface area contributed by atoms with E-state index >= 15 is 0 Å². The van der Waals surface area contributed by atoms with E-state index in [0.717, 1.165) is 73.4 Å². The zero-order valence-corrected chi connectivity index (χ0v) is 24.3. The number of aromatic nitrogens is 6. The first-order chi connectivity index (χ1) is 21.0. The summed E-state index contributed by atoms with van der Waals surface area (Å²) in [5, 5.41) is 16.3. The fraction of sp³-hybridized carbons (Fsp3) is 0.323. The Hall–Kier alpha value is -4.81. The molecule has 6 heterocycles. The monoisotopic (exact) mass is 578 g/mol. The van der Waals surface area contributed by atoms with Gasteiger partial charge in [0.2, 0.25) is 0 Å². The molecule has 0 spiro atoms. The first-order valence-corrected chi connectivity index (χ1v) is 14.6. The lowest BCUT2D eigenvalue weighted by Crippen LogP contribution is -2.44. The number of anilines is 3. The molecule has 4 aromatic heterocycles. The third kappa shape index (κ3) is 5.42. The van der Waals surface area contributed by atoms with Crippen LogP contribution in [0.5, 0.6) is 0 Å². The third-order valence-corrected chi connectivity index (χ3v) is 7.92. The molecule has 2 aliphatic heterocycles. The maximum Gasteiger partial charge on any atom is 0.257 e. The van der Waals surface area contributed by atoms with Crippen LogP contribution in [-0.4, -0.2) is 87.8 Å². The van der Waals surface area contributed by atoms with Crippen molar-refractivity contribution in [3.8, 4) is 22.5 Å². The SMILES string of the molecule is Cc1ccc(-c2nn(C)c(N3CCNCC3)c2-c2ccc3nc(NC(=O)c4ccnc(N5CCOCC5)c4)cn3n2)cc1. The molecule has 2 aliphatic rings. The molecule has 2 saturated heterocycles. The topological polar surface area (TPSA) is 118 Å². The van der Waals surface area contributed by atoms with E-state index in [1.165, 1.54) is 5.56 Å². The van der Waals surface area contributed by atoms with E-state index in [1.54, 1.807) is 29.0 Å². The number of nitrogens with one attached hydrogen (secondary N) is 2. The molecule has 0 aliphatic carbocycles. The quantitative estimate of drug-likeness (QED) is 0.314. The van der Waals surface area contributed by atoms with Gasteiger partial charge in [-0.15, -0.1) is 0 Å². The van der Waals surface area contributed by atoms with Gasteiger partial charge in [0.25, 0.3) is 5.91 Å². The number of fused-ring (bicyclic) bond motifs is 1. The molecule has 5 aromatic rings. The van der Waals surface area contributed by atoms with Gasteiger partial charge in [0.05, 0.1) is 30.7 Å². The van der Waals surface area contributed by atoms with Gasteiger partial charge >= 0.3 is 0 Å². The number of benzene rings is 1. The molecule has 1 amide bonds. The van der Waals surface area contributed by atoms with Crippen LogP contribution in [0.4, 0.5) is 17.5 Å². The molecular formula is C31H34N10O2. The average Bonchev–Trinajstić information content (AvgIpc) is 3.61. The Kier molecular flexibility index (Phi) is 7.21. The van der Waals surface area contributed by atoms with E-state index in [2.05, 4.69) is 61.6 Å². The maximum atomic E-state index is 13.2. The average molecular weight is 579 g/mol. The molecule has 12 nitrogen and oxygen atoms in total. The zero-order valence-electron chi connectivity index (χ0n) is 24.3. The molecule has 0 saturated carbocycles. The van der Waals surface area contributed by atoms with Crippen LogP contribution in [0.25, 0.3) is 28.2 Å². The van der Waals surface area contributed by atoms with Crippen molar-refractivity contribution in [1.29, 1.82) is 0 Å². The molecule has 220 valence electrons. The smallest absolute Gasteiger partial charge is 0.257 e. The fourth-order valence-corrected chi connectivity index (χ4v) is 5.69. The molecule has 7 rings (SSSR count). The summed E-state index contributed by atoms with van der Waals surface area (Å²) in [4.78, 5) is 26.7. The van der Waals surface area contributed by atoms with Crippen molar-refractivity contribution in [2.24, 2.45) is 7.05 Å². The Labute approximate surface area is 249 Å². The molecule has 0 atom stereocenters. The Morgan fingerprint density at radius 1 is 0.953 bits per heavy atom.